The largest absolute Gasteiger partial charge is 0.461 e. The molecule has 2 amide bonds. The molecule has 8 nitrogen and oxygen atoms in total. The Hall–Kier alpha value is -3.65. The van der Waals surface area contributed by atoms with Crippen molar-refractivity contribution in [3.8, 4) is 11.1 Å². The van der Waals surface area contributed by atoms with Gasteiger partial charge in [0.2, 0.25) is 5.91 Å². The van der Waals surface area contributed by atoms with E-state index in [0.717, 1.165) is 41.5 Å². The van der Waals surface area contributed by atoms with Crippen molar-refractivity contribution in [2.75, 3.05) is 26.3 Å². The number of ether oxygens (including phenoxy) is 2. The number of nitrogens with one attached hydrogen (secondary N) is 2. The van der Waals surface area contributed by atoms with E-state index in [1.54, 1.807) is 0 Å². The molecule has 0 fully saturated rings. The summed E-state index contributed by atoms with van der Waals surface area (Å²) in [6, 6.07) is 15.6. The molecule has 8 heteroatoms. The first-order valence-electron chi connectivity index (χ1n) is 13.4. The van der Waals surface area contributed by atoms with Crippen LogP contribution in [-0.2, 0) is 19.1 Å². The number of benzene rings is 2. The zero-order valence-electron chi connectivity index (χ0n) is 22.0. The smallest absolute Gasteiger partial charge is 0.407 e. The SMILES string of the molecule is C=CCOC(=O)CCCCCNC(=O)[C@H](CCCCN)NC(=O)OCC1c2ccccc2-c2ccccc21. The quantitative estimate of drug-likeness (QED) is 0.171. The van der Waals surface area contributed by atoms with E-state index in [1.165, 1.54) is 6.08 Å². The number of hydrogen-bond acceptors (Lipinski definition) is 6. The molecule has 0 saturated carbocycles. The van der Waals surface area contributed by atoms with Crippen molar-refractivity contribution in [3.05, 3.63) is 72.3 Å². The van der Waals surface area contributed by atoms with Gasteiger partial charge >= 0.3 is 12.1 Å². The van der Waals surface area contributed by atoms with Gasteiger partial charge in [-0.05, 0) is 60.9 Å². The van der Waals surface area contributed by atoms with Crippen molar-refractivity contribution < 1.29 is 23.9 Å². The zero-order chi connectivity index (χ0) is 27.2. The molecule has 1 atom stereocenters. The molecule has 0 saturated heterocycles. The van der Waals surface area contributed by atoms with Crippen LogP contribution in [0.1, 0.15) is 62.0 Å². The maximum atomic E-state index is 12.8. The number of esters is 1. The highest BCUT2D eigenvalue weighted by Gasteiger charge is 2.29. The highest BCUT2D eigenvalue weighted by atomic mass is 16.5. The molecule has 1 aliphatic carbocycles. The summed E-state index contributed by atoms with van der Waals surface area (Å²) in [4.78, 5) is 37.1. The van der Waals surface area contributed by atoms with Gasteiger partial charge in [0.05, 0.1) is 0 Å². The number of amides is 2. The molecule has 0 aromatic heterocycles. The number of rotatable bonds is 16. The Kier molecular flexibility index (Phi) is 11.8. The average molecular weight is 522 g/mol. The topological polar surface area (TPSA) is 120 Å². The molecule has 0 bridgehead atoms. The molecule has 3 rings (SSSR count). The van der Waals surface area contributed by atoms with Gasteiger partial charge in [-0.15, -0.1) is 0 Å². The van der Waals surface area contributed by atoms with Gasteiger partial charge in [0.15, 0.2) is 0 Å². The Bertz CT molecular complexity index is 1040. The minimum Gasteiger partial charge on any atom is -0.461 e. The molecular weight excluding hydrogens is 482 g/mol. The molecule has 2 aromatic carbocycles. The van der Waals surface area contributed by atoms with E-state index in [9.17, 15) is 14.4 Å². The van der Waals surface area contributed by atoms with Crippen molar-refractivity contribution in [1.82, 2.24) is 10.6 Å². The van der Waals surface area contributed by atoms with Gasteiger partial charge < -0.3 is 25.8 Å². The average Bonchev–Trinajstić information content (AvgIpc) is 3.25. The summed E-state index contributed by atoms with van der Waals surface area (Å²) in [6.07, 6.45) is 5.40. The summed E-state index contributed by atoms with van der Waals surface area (Å²) < 4.78 is 10.6. The monoisotopic (exact) mass is 521 g/mol. The Morgan fingerprint density at radius 2 is 1.61 bits per heavy atom. The Labute approximate surface area is 225 Å². The number of unbranched alkanes of at least 4 members (excludes halogenated alkanes) is 3. The first-order valence-corrected chi connectivity index (χ1v) is 13.4. The van der Waals surface area contributed by atoms with E-state index in [2.05, 4.69) is 41.5 Å². The van der Waals surface area contributed by atoms with Crippen LogP contribution in [0.25, 0.3) is 11.1 Å². The molecule has 0 unspecified atom stereocenters. The van der Waals surface area contributed by atoms with Gasteiger partial charge in [-0.1, -0.05) is 67.6 Å². The van der Waals surface area contributed by atoms with E-state index in [-0.39, 0.29) is 31.0 Å². The molecule has 0 heterocycles. The normalized spacial score (nSPS) is 12.7. The highest BCUT2D eigenvalue weighted by molar-refractivity contribution is 5.85. The van der Waals surface area contributed by atoms with Gasteiger partial charge in [0, 0.05) is 18.9 Å². The third kappa shape index (κ3) is 8.45. The lowest BCUT2D eigenvalue weighted by molar-refractivity contribution is -0.142. The molecular formula is C30H39N3O5. The maximum Gasteiger partial charge on any atom is 0.407 e. The summed E-state index contributed by atoms with van der Waals surface area (Å²) in [5, 5.41) is 5.64. The molecule has 2 aromatic rings. The molecule has 38 heavy (non-hydrogen) atoms. The maximum absolute atomic E-state index is 12.8. The summed E-state index contributed by atoms with van der Waals surface area (Å²) in [5.74, 6) is -0.547. The van der Waals surface area contributed by atoms with Crippen molar-refractivity contribution in [3.63, 3.8) is 0 Å². The van der Waals surface area contributed by atoms with E-state index in [1.807, 2.05) is 24.3 Å². The second-order valence-corrected chi connectivity index (χ2v) is 9.38. The molecule has 204 valence electrons. The first kappa shape index (κ1) is 28.9. The third-order valence-electron chi connectivity index (χ3n) is 6.62. The fraction of sp³-hybridized carbons (Fsp3) is 0.433. The van der Waals surface area contributed by atoms with E-state index < -0.39 is 12.1 Å². The zero-order valence-corrected chi connectivity index (χ0v) is 22.0. The van der Waals surface area contributed by atoms with Gasteiger partial charge in [0.1, 0.15) is 19.3 Å². The number of nitrogens with two attached hydrogens (primary N) is 1. The first-order chi connectivity index (χ1) is 18.5. The predicted octanol–water partition coefficient (Wildman–Crippen LogP) is 4.43. The summed E-state index contributed by atoms with van der Waals surface area (Å²) in [5.41, 5.74) is 10.2. The van der Waals surface area contributed by atoms with Gasteiger partial charge in [-0.2, -0.15) is 0 Å². The summed E-state index contributed by atoms with van der Waals surface area (Å²) >= 11 is 0. The van der Waals surface area contributed by atoms with Gasteiger partial charge in [-0.3, -0.25) is 9.59 Å². The van der Waals surface area contributed by atoms with Crippen LogP contribution in [0.2, 0.25) is 0 Å². The molecule has 0 spiro atoms. The Balaban J connectivity index is 1.47. The minimum absolute atomic E-state index is 0.0493. The van der Waals surface area contributed by atoms with Gasteiger partial charge in [-0.25, -0.2) is 4.79 Å². The number of carbonyl (C=O) groups excluding carboxylic acids is 3. The lowest BCUT2D eigenvalue weighted by atomic mass is 9.98. The summed E-state index contributed by atoms with van der Waals surface area (Å²) in [7, 11) is 0. The van der Waals surface area contributed by atoms with Crippen LogP contribution >= 0.6 is 0 Å². The minimum atomic E-state index is -0.703. The lowest BCUT2D eigenvalue weighted by Gasteiger charge is -2.20. The van der Waals surface area contributed by atoms with Crippen LogP contribution in [0.4, 0.5) is 4.79 Å². The third-order valence-corrected chi connectivity index (χ3v) is 6.62. The van der Waals surface area contributed by atoms with Crippen LogP contribution in [0.5, 0.6) is 0 Å². The molecule has 0 radical (unpaired) electrons. The van der Waals surface area contributed by atoms with E-state index >= 15 is 0 Å². The van der Waals surface area contributed by atoms with Crippen molar-refractivity contribution in [1.29, 1.82) is 0 Å². The van der Waals surface area contributed by atoms with Crippen molar-refractivity contribution >= 4 is 18.0 Å². The molecule has 0 aliphatic heterocycles. The second kappa shape index (κ2) is 15.6. The Morgan fingerprint density at radius 1 is 0.921 bits per heavy atom. The Morgan fingerprint density at radius 3 is 2.26 bits per heavy atom. The number of carbonyl (C=O) groups is 3. The van der Waals surface area contributed by atoms with Crippen LogP contribution < -0.4 is 16.4 Å². The van der Waals surface area contributed by atoms with Crippen molar-refractivity contribution in [2.24, 2.45) is 5.73 Å². The number of fused-ring (bicyclic) bond motifs is 3. The van der Waals surface area contributed by atoms with Crippen LogP contribution in [0, 0.1) is 0 Å². The predicted molar refractivity (Wildman–Crippen MR) is 148 cm³/mol. The van der Waals surface area contributed by atoms with Crippen molar-refractivity contribution in [2.45, 2.75) is 56.9 Å². The molecule has 1 aliphatic rings. The number of alkyl carbamates (subject to hydrolysis) is 1. The van der Waals surface area contributed by atoms with E-state index in [0.29, 0.717) is 38.8 Å². The standard InChI is InChI=1S/C30H39N3O5/c1-2-20-37-28(34)17-4-3-11-19-32-29(35)27(16-9-10-18-31)33-30(36)38-21-26-24-14-7-5-12-22(24)23-13-6-8-15-25(23)26/h2,5-8,12-15,26-27H,1,3-4,9-11,16-21,31H2,(H,32,35)(H,33,36)/t27-/m0/s1. The van der Waals surface area contributed by atoms with E-state index in [4.69, 9.17) is 15.2 Å². The highest BCUT2D eigenvalue weighted by Crippen LogP contribution is 2.44. The molecule has 4 N–H and O–H groups in total. The van der Waals surface area contributed by atoms with Crippen LogP contribution in [-0.4, -0.2) is 50.3 Å². The fourth-order valence-corrected chi connectivity index (χ4v) is 4.67. The second-order valence-electron chi connectivity index (χ2n) is 9.38. The summed E-state index contributed by atoms with van der Waals surface area (Å²) in [6.45, 7) is 4.90. The fourth-order valence-electron chi connectivity index (χ4n) is 4.67. The van der Waals surface area contributed by atoms with Gasteiger partial charge in [0.25, 0.3) is 0 Å². The van der Waals surface area contributed by atoms with Crippen LogP contribution in [0.15, 0.2) is 61.2 Å². The lowest BCUT2D eigenvalue weighted by Crippen LogP contribution is -2.47. The number of hydrogen-bond donors (Lipinski definition) is 3. The van der Waals surface area contributed by atoms with Crippen LogP contribution in [0.3, 0.4) is 0 Å².